The molecule has 3 amide bonds. The highest BCUT2D eigenvalue weighted by Crippen LogP contribution is 2.34. The number of amides is 3. The molecule has 0 aromatic heterocycles. The van der Waals surface area contributed by atoms with Crippen LogP contribution < -0.4 is 30.3 Å². The minimum absolute atomic E-state index is 0.135. The second kappa shape index (κ2) is 13.7. The lowest BCUT2D eigenvalue weighted by Gasteiger charge is -2.28. The number of allylic oxidation sites excluding steroid dienone is 1. The number of benzene rings is 3. The minimum atomic E-state index is -0.783. The van der Waals surface area contributed by atoms with E-state index in [0.717, 1.165) is 10.8 Å². The predicted molar refractivity (Wildman–Crippen MR) is 153 cm³/mol. The average Bonchev–Trinajstić information content (AvgIpc) is 2.99. The molecular weight excluding hydrogens is 542 g/mol. The van der Waals surface area contributed by atoms with Crippen LogP contribution in [0.1, 0.15) is 31.0 Å². The van der Waals surface area contributed by atoms with Crippen LogP contribution in [0.4, 0.5) is 4.79 Å². The van der Waals surface area contributed by atoms with Crippen molar-refractivity contribution in [2.75, 3.05) is 26.9 Å². The smallest absolute Gasteiger partial charge is 0.338 e. The molecule has 3 aromatic carbocycles. The molecule has 4 rings (SSSR count). The fourth-order valence-electron chi connectivity index (χ4n) is 4.40. The van der Waals surface area contributed by atoms with E-state index >= 15 is 0 Å². The van der Waals surface area contributed by atoms with Crippen LogP contribution in [0, 0.1) is 11.3 Å². The highest BCUT2D eigenvalue weighted by molar-refractivity contribution is 6.02. The number of nitrogens with one attached hydrogen (secondary N) is 3. The van der Waals surface area contributed by atoms with Crippen LogP contribution in [0.15, 0.2) is 71.0 Å². The van der Waals surface area contributed by atoms with E-state index in [1.165, 1.54) is 13.3 Å². The molecule has 216 valence electrons. The summed E-state index contributed by atoms with van der Waals surface area (Å²) in [5.41, 5.74) is 4.22. The van der Waals surface area contributed by atoms with Crippen molar-refractivity contribution in [1.29, 1.82) is 5.26 Å². The largest absolute Gasteiger partial charge is 0.493 e. The zero-order valence-corrected chi connectivity index (χ0v) is 23.2. The Hall–Kier alpha value is -5.57. The first kappa shape index (κ1) is 29.4. The zero-order valence-electron chi connectivity index (χ0n) is 23.2. The Morgan fingerprint density at radius 3 is 2.64 bits per heavy atom. The van der Waals surface area contributed by atoms with Crippen LogP contribution in [0.5, 0.6) is 17.2 Å². The number of esters is 1. The Balaban J connectivity index is 1.46. The molecular formula is C30H29N5O7. The molecule has 3 N–H and O–H groups in total. The van der Waals surface area contributed by atoms with Gasteiger partial charge >= 0.3 is 12.0 Å². The Morgan fingerprint density at radius 1 is 1.10 bits per heavy atom. The highest BCUT2D eigenvalue weighted by atomic mass is 16.5. The van der Waals surface area contributed by atoms with Gasteiger partial charge in [0.05, 0.1) is 31.5 Å². The van der Waals surface area contributed by atoms with Crippen LogP contribution in [-0.2, 0) is 14.3 Å². The number of nitriles is 1. The van der Waals surface area contributed by atoms with E-state index in [9.17, 15) is 14.4 Å². The van der Waals surface area contributed by atoms with Crippen molar-refractivity contribution < 1.29 is 33.3 Å². The fraction of sp³-hybridized carbons (Fsp3) is 0.233. The number of ether oxygens (including phenoxy) is 4. The number of carbonyl (C=O) groups is 3. The second-order valence-electron chi connectivity index (χ2n) is 8.93. The van der Waals surface area contributed by atoms with Crippen LogP contribution in [0.2, 0.25) is 0 Å². The third kappa shape index (κ3) is 6.76. The highest BCUT2D eigenvalue weighted by Gasteiger charge is 2.32. The Labute approximate surface area is 241 Å². The van der Waals surface area contributed by atoms with Gasteiger partial charge in [-0.1, -0.05) is 36.4 Å². The third-order valence-electron chi connectivity index (χ3n) is 6.25. The summed E-state index contributed by atoms with van der Waals surface area (Å²) in [6.07, 6.45) is 1.45. The molecule has 1 aliphatic heterocycles. The monoisotopic (exact) mass is 571 g/mol. The van der Waals surface area contributed by atoms with E-state index in [1.54, 1.807) is 38.1 Å². The number of urea groups is 1. The van der Waals surface area contributed by atoms with Crippen molar-refractivity contribution in [3.8, 4) is 23.3 Å². The van der Waals surface area contributed by atoms with Crippen molar-refractivity contribution in [1.82, 2.24) is 16.1 Å². The molecule has 0 radical (unpaired) electrons. The molecule has 3 aromatic rings. The molecule has 0 spiro atoms. The third-order valence-corrected chi connectivity index (χ3v) is 6.25. The van der Waals surface area contributed by atoms with Crippen LogP contribution in [0.3, 0.4) is 0 Å². The summed E-state index contributed by atoms with van der Waals surface area (Å²) in [5, 5.41) is 20.0. The molecule has 12 heteroatoms. The van der Waals surface area contributed by atoms with E-state index in [2.05, 4.69) is 21.2 Å². The van der Waals surface area contributed by atoms with Crippen molar-refractivity contribution in [3.05, 3.63) is 77.0 Å². The van der Waals surface area contributed by atoms with Crippen LogP contribution in [-0.4, -0.2) is 51.1 Å². The molecule has 0 unspecified atom stereocenters. The number of rotatable bonds is 11. The first-order chi connectivity index (χ1) is 20.4. The first-order valence-corrected chi connectivity index (χ1v) is 13.0. The molecule has 0 saturated carbocycles. The number of hydrogen-bond acceptors (Lipinski definition) is 9. The summed E-state index contributed by atoms with van der Waals surface area (Å²) in [6.45, 7) is 2.98. The van der Waals surface area contributed by atoms with Gasteiger partial charge in [0.2, 0.25) is 0 Å². The number of nitrogens with zero attached hydrogens (tertiary/aromatic N) is 2. The lowest BCUT2D eigenvalue weighted by molar-refractivity contribution is -0.139. The van der Waals surface area contributed by atoms with Crippen molar-refractivity contribution >= 4 is 34.9 Å². The summed E-state index contributed by atoms with van der Waals surface area (Å²) in [7, 11) is 1.43. The SMILES string of the molecule is CCOC(=O)C1=C(C)NC(=O)N[C@H]1c1ccc(OCC(=O)N/N=C/c2c(OCC#N)ccc3ccccc23)c(OC)c1. The number of hydrogen-bond donors (Lipinski definition) is 3. The summed E-state index contributed by atoms with van der Waals surface area (Å²) in [5.74, 6) is -0.0923. The Morgan fingerprint density at radius 2 is 1.88 bits per heavy atom. The van der Waals surface area contributed by atoms with Crippen LogP contribution in [0.25, 0.3) is 10.8 Å². The lowest BCUT2D eigenvalue weighted by Crippen LogP contribution is -2.45. The number of hydrazone groups is 1. The van der Waals surface area contributed by atoms with Crippen molar-refractivity contribution in [2.45, 2.75) is 19.9 Å². The van der Waals surface area contributed by atoms with Gasteiger partial charge in [0, 0.05) is 11.3 Å². The maximum atomic E-state index is 12.6. The molecule has 1 atom stereocenters. The fourth-order valence-corrected chi connectivity index (χ4v) is 4.40. The van der Waals surface area contributed by atoms with Gasteiger partial charge in [0.1, 0.15) is 11.8 Å². The number of fused-ring (bicyclic) bond motifs is 1. The second-order valence-corrected chi connectivity index (χ2v) is 8.93. The van der Waals surface area contributed by atoms with Gasteiger partial charge in [-0.05, 0) is 48.4 Å². The van der Waals surface area contributed by atoms with Crippen molar-refractivity contribution in [3.63, 3.8) is 0 Å². The molecule has 42 heavy (non-hydrogen) atoms. The minimum Gasteiger partial charge on any atom is -0.493 e. The molecule has 1 heterocycles. The first-order valence-electron chi connectivity index (χ1n) is 13.0. The van der Waals surface area contributed by atoms with E-state index in [0.29, 0.717) is 22.6 Å². The van der Waals surface area contributed by atoms with E-state index in [4.69, 9.17) is 24.2 Å². The normalized spacial score (nSPS) is 14.5. The van der Waals surface area contributed by atoms with Gasteiger partial charge in [-0.3, -0.25) is 4.79 Å². The molecule has 1 aliphatic rings. The zero-order chi connectivity index (χ0) is 30.1. The summed E-state index contributed by atoms with van der Waals surface area (Å²) in [6, 6.07) is 16.7. The maximum Gasteiger partial charge on any atom is 0.338 e. The predicted octanol–water partition coefficient (Wildman–Crippen LogP) is 3.47. The van der Waals surface area contributed by atoms with Gasteiger partial charge in [-0.2, -0.15) is 10.4 Å². The number of carbonyl (C=O) groups excluding carboxylic acids is 3. The maximum absolute atomic E-state index is 12.6. The molecule has 12 nitrogen and oxygen atoms in total. The summed E-state index contributed by atoms with van der Waals surface area (Å²) in [4.78, 5) is 37.3. The van der Waals surface area contributed by atoms with Crippen molar-refractivity contribution in [2.24, 2.45) is 5.10 Å². The molecule has 0 saturated heterocycles. The van der Waals surface area contributed by atoms with Gasteiger partial charge in [-0.15, -0.1) is 0 Å². The van der Waals surface area contributed by atoms with Crippen LogP contribution >= 0.6 is 0 Å². The van der Waals surface area contributed by atoms with Gasteiger partial charge in [0.15, 0.2) is 24.7 Å². The average molecular weight is 572 g/mol. The van der Waals surface area contributed by atoms with Gasteiger partial charge in [0.25, 0.3) is 5.91 Å². The van der Waals surface area contributed by atoms with Gasteiger partial charge in [-0.25, -0.2) is 15.0 Å². The molecule has 0 fully saturated rings. The summed E-state index contributed by atoms with van der Waals surface area (Å²) < 4.78 is 21.8. The quantitative estimate of drug-likeness (QED) is 0.179. The summed E-state index contributed by atoms with van der Waals surface area (Å²) >= 11 is 0. The Kier molecular flexibility index (Phi) is 9.57. The molecule has 0 bridgehead atoms. The standard InChI is InChI=1S/C30H29N5O7/c1-4-40-29(37)27-18(2)33-30(38)34-28(27)20-10-12-24(25(15-20)39-3)42-17-26(36)35-32-16-22-21-8-6-5-7-19(21)9-11-23(22)41-14-13-31/h5-12,15-16,28H,4,14,17H2,1-3H3,(H,35,36)(H2,33,34,38)/b32-16+/t28-/m0/s1. The van der Waals surface area contributed by atoms with E-state index in [1.807, 2.05) is 36.4 Å². The van der Waals surface area contributed by atoms with Gasteiger partial charge < -0.3 is 29.6 Å². The number of methoxy groups -OCH3 is 1. The lowest BCUT2D eigenvalue weighted by atomic mass is 9.95. The molecule has 0 aliphatic carbocycles. The van der Waals surface area contributed by atoms with E-state index < -0.39 is 23.9 Å². The Bertz CT molecular complexity index is 1610. The topological polar surface area (TPSA) is 160 Å². The van der Waals surface area contributed by atoms with E-state index in [-0.39, 0.29) is 36.9 Å².